The summed E-state index contributed by atoms with van der Waals surface area (Å²) in [6, 6.07) is 2.46. The first kappa shape index (κ1) is 17.2. The molecular weight excluding hydrogens is 320 g/mol. The third-order valence-electron chi connectivity index (χ3n) is 4.42. The molecule has 1 N–H and O–H groups in total. The second kappa shape index (κ2) is 8.46. The van der Waals surface area contributed by atoms with Gasteiger partial charge in [0.2, 0.25) is 0 Å². The zero-order chi connectivity index (χ0) is 17.5. The Balaban J connectivity index is 1.35. The molecule has 1 atom stereocenters. The molecule has 134 valence electrons. The SMILES string of the molecule is CC(CCNC(=O)N1CCC(Oc2ncccn2)CC1)n1ccnc1. The first-order chi connectivity index (χ1) is 12.2. The Morgan fingerprint density at radius 2 is 2.08 bits per heavy atom. The van der Waals surface area contributed by atoms with Crippen LogP contribution in [0.15, 0.2) is 37.2 Å². The largest absolute Gasteiger partial charge is 0.460 e. The van der Waals surface area contributed by atoms with Crippen molar-refractivity contribution in [2.75, 3.05) is 19.6 Å². The minimum Gasteiger partial charge on any atom is -0.460 e. The molecule has 1 saturated heterocycles. The summed E-state index contributed by atoms with van der Waals surface area (Å²) in [7, 11) is 0. The predicted octanol–water partition coefficient (Wildman–Crippen LogP) is 1.88. The van der Waals surface area contributed by atoms with Crippen LogP contribution in [-0.4, -0.2) is 56.2 Å². The van der Waals surface area contributed by atoms with Gasteiger partial charge in [-0.15, -0.1) is 0 Å². The average Bonchev–Trinajstić information content (AvgIpc) is 3.18. The van der Waals surface area contributed by atoms with Gasteiger partial charge in [-0.25, -0.2) is 19.7 Å². The number of hydrogen-bond acceptors (Lipinski definition) is 5. The minimum atomic E-state index is -0.00718. The molecule has 0 radical (unpaired) electrons. The highest BCUT2D eigenvalue weighted by molar-refractivity contribution is 5.74. The first-order valence-corrected chi connectivity index (χ1v) is 8.66. The van der Waals surface area contributed by atoms with Crippen LogP contribution >= 0.6 is 0 Å². The van der Waals surface area contributed by atoms with Crippen LogP contribution in [-0.2, 0) is 0 Å². The van der Waals surface area contributed by atoms with Crippen LogP contribution in [0.3, 0.4) is 0 Å². The molecule has 25 heavy (non-hydrogen) atoms. The molecule has 2 amide bonds. The number of hydrogen-bond donors (Lipinski definition) is 1. The maximum Gasteiger partial charge on any atom is 0.317 e. The van der Waals surface area contributed by atoms with Gasteiger partial charge in [-0.1, -0.05) is 0 Å². The fourth-order valence-corrected chi connectivity index (χ4v) is 2.85. The van der Waals surface area contributed by atoms with E-state index in [9.17, 15) is 4.79 Å². The zero-order valence-corrected chi connectivity index (χ0v) is 14.4. The molecule has 1 aliphatic heterocycles. The quantitative estimate of drug-likeness (QED) is 0.865. The Morgan fingerprint density at radius 3 is 2.76 bits per heavy atom. The van der Waals surface area contributed by atoms with E-state index in [-0.39, 0.29) is 12.1 Å². The molecule has 8 heteroatoms. The Labute approximate surface area is 147 Å². The third-order valence-corrected chi connectivity index (χ3v) is 4.42. The number of likely N-dealkylation sites (tertiary alicyclic amines) is 1. The molecule has 0 aromatic carbocycles. The topological polar surface area (TPSA) is 85.2 Å². The highest BCUT2D eigenvalue weighted by atomic mass is 16.5. The number of carbonyl (C=O) groups excluding carboxylic acids is 1. The standard InChI is InChI=1S/C17H24N6O2/c1-14(23-12-9-18-13-23)3-8-21-17(24)22-10-4-15(5-11-22)25-16-19-6-2-7-20-16/h2,6-7,9,12-15H,3-5,8,10-11H2,1H3,(H,21,24). The molecule has 0 saturated carbocycles. The van der Waals surface area contributed by atoms with Gasteiger partial charge in [0.25, 0.3) is 0 Å². The van der Waals surface area contributed by atoms with E-state index in [2.05, 4.69) is 27.2 Å². The molecule has 8 nitrogen and oxygen atoms in total. The third kappa shape index (κ3) is 4.91. The van der Waals surface area contributed by atoms with Gasteiger partial charge in [-0.3, -0.25) is 0 Å². The lowest BCUT2D eigenvalue weighted by molar-refractivity contribution is 0.103. The summed E-state index contributed by atoms with van der Waals surface area (Å²) in [5.74, 6) is 0. The van der Waals surface area contributed by atoms with Crippen LogP contribution in [0.25, 0.3) is 0 Å². The number of piperidine rings is 1. The van der Waals surface area contributed by atoms with Crippen molar-refractivity contribution in [2.45, 2.75) is 38.3 Å². The maximum atomic E-state index is 12.3. The van der Waals surface area contributed by atoms with E-state index in [0.717, 1.165) is 19.3 Å². The van der Waals surface area contributed by atoms with E-state index in [4.69, 9.17) is 4.74 Å². The maximum absolute atomic E-state index is 12.3. The molecule has 3 heterocycles. The summed E-state index contributed by atoms with van der Waals surface area (Å²) in [4.78, 5) is 26.3. The van der Waals surface area contributed by atoms with Crippen LogP contribution < -0.4 is 10.1 Å². The van der Waals surface area contributed by atoms with Crippen LogP contribution in [0.4, 0.5) is 4.79 Å². The van der Waals surface area contributed by atoms with Crippen molar-refractivity contribution in [3.8, 4) is 6.01 Å². The Morgan fingerprint density at radius 1 is 1.32 bits per heavy atom. The highest BCUT2D eigenvalue weighted by Gasteiger charge is 2.24. The number of nitrogens with zero attached hydrogens (tertiary/aromatic N) is 5. The summed E-state index contributed by atoms with van der Waals surface area (Å²) >= 11 is 0. The molecule has 0 bridgehead atoms. The van der Waals surface area contributed by atoms with Crippen molar-refractivity contribution in [1.29, 1.82) is 0 Å². The molecule has 0 spiro atoms. The van der Waals surface area contributed by atoms with Crippen LogP contribution in [0.2, 0.25) is 0 Å². The summed E-state index contributed by atoms with van der Waals surface area (Å²) in [5, 5.41) is 3.00. The number of urea groups is 1. The molecule has 1 unspecified atom stereocenters. The number of carbonyl (C=O) groups is 1. The monoisotopic (exact) mass is 344 g/mol. The minimum absolute atomic E-state index is 0.00718. The second-order valence-corrected chi connectivity index (χ2v) is 6.22. The van der Waals surface area contributed by atoms with E-state index >= 15 is 0 Å². The van der Waals surface area contributed by atoms with Gasteiger partial charge in [0.1, 0.15) is 6.10 Å². The summed E-state index contributed by atoms with van der Waals surface area (Å²) in [6.45, 7) is 4.12. The van der Waals surface area contributed by atoms with E-state index in [1.165, 1.54) is 0 Å². The fourth-order valence-electron chi connectivity index (χ4n) is 2.85. The number of rotatable bonds is 6. The molecule has 1 fully saturated rings. The van der Waals surface area contributed by atoms with Crippen molar-refractivity contribution in [2.24, 2.45) is 0 Å². The van der Waals surface area contributed by atoms with Crippen molar-refractivity contribution in [3.63, 3.8) is 0 Å². The Bertz CT molecular complexity index is 640. The first-order valence-electron chi connectivity index (χ1n) is 8.66. The zero-order valence-electron chi connectivity index (χ0n) is 14.4. The summed E-state index contributed by atoms with van der Waals surface area (Å²) in [5.41, 5.74) is 0. The normalized spacial score (nSPS) is 16.4. The van der Waals surface area contributed by atoms with Gasteiger partial charge in [0.15, 0.2) is 0 Å². The molecule has 3 rings (SSSR count). The molecule has 0 aliphatic carbocycles. The number of aromatic nitrogens is 4. The van der Waals surface area contributed by atoms with Crippen LogP contribution in [0.1, 0.15) is 32.2 Å². The number of nitrogens with one attached hydrogen (secondary N) is 1. The van der Waals surface area contributed by atoms with Gasteiger partial charge in [-0.05, 0) is 19.4 Å². The summed E-state index contributed by atoms with van der Waals surface area (Å²) in [6.07, 6.45) is 11.3. The van der Waals surface area contributed by atoms with Gasteiger partial charge in [0.05, 0.1) is 6.33 Å². The summed E-state index contributed by atoms with van der Waals surface area (Å²) < 4.78 is 7.79. The number of amides is 2. The predicted molar refractivity (Wildman–Crippen MR) is 92.2 cm³/mol. The van der Waals surface area contributed by atoms with E-state index in [1.807, 2.05) is 15.7 Å². The second-order valence-electron chi connectivity index (χ2n) is 6.22. The van der Waals surface area contributed by atoms with Gasteiger partial charge in [0, 0.05) is 63.3 Å². The van der Waals surface area contributed by atoms with Crippen LogP contribution in [0.5, 0.6) is 6.01 Å². The molecular formula is C17H24N6O2. The van der Waals surface area contributed by atoms with E-state index in [1.54, 1.807) is 31.0 Å². The van der Waals surface area contributed by atoms with Gasteiger partial charge >= 0.3 is 12.0 Å². The number of ether oxygens (including phenoxy) is 1. The molecule has 1 aliphatic rings. The van der Waals surface area contributed by atoms with Gasteiger partial charge < -0.3 is 19.5 Å². The van der Waals surface area contributed by atoms with E-state index < -0.39 is 0 Å². The average molecular weight is 344 g/mol. The van der Waals surface area contributed by atoms with Crippen molar-refractivity contribution in [3.05, 3.63) is 37.2 Å². The lowest BCUT2D eigenvalue weighted by atomic mass is 10.1. The van der Waals surface area contributed by atoms with E-state index in [0.29, 0.717) is 31.7 Å². The Hall–Kier alpha value is -2.64. The Kier molecular flexibility index (Phi) is 5.81. The van der Waals surface area contributed by atoms with Crippen molar-refractivity contribution >= 4 is 6.03 Å². The molecule has 2 aromatic heterocycles. The smallest absolute Gasteiger partial charge is 0.317 e. The molecule has 2 aromatic rings. The van der Waals surface area contributed by atoms with Gasteiger partial charge in [-0.2, -0.15) is 0 Å². The highest BCUT2D eigenvalue weighted by Crippen LogP contribution is 2.15. The van der Waals surface area contributed by atoms with Crippen molar-refractivity contribution in [1.82, 2.24) is 29.7 Å². The fraction of sp³-hybridized carbons (Fsp3) is 0.529. The lowest BCUT2D eigenvalue weighted by Crippen LogP contribution is -2.46. The lowest BCUT2D eigenvalue weighted by Gasteiger charge is -2.31. The number of imidazole rings is 1. The van der Waals surface area contributed by atoms with Crippen LogP contribution in [0, 0.1) is 0 Å². The van der Waals surface area contributed by atoms with Crippen molar-refractivity contribution < 1.29 is 9.53 Å².